The summed E-state index contributed by atoms with van der Waals surface area (Å²) in [6.07, 6.45) is 1.98. The van der Waals surface area contributed by atoms with E-state index >= 15 is 0 Å². The van der Waals surface area contributed by atoms with Gasteiger partial charge in [-0.05, 0) is 37.6 Å². The van der Waals surface area contributed by atoms with Crippen molar-refractivity contribution in [2.45, 2.75) is 32.9 Å². The molecule has 2 aliphatic heterocycles. The third-order valence-corrected chi connectivity index (χ3v) is 5.88. The van der Waals surface area contributed by atoms with E-state index in [1.165, 1.54) is 5.56 Å². The molecule has 0 amide bonds. The van der Waals surface area contributed by atoms with E-state index in [2.05, 4.69) is 50.4 Å². The summed E-state index contributed by atoms with van der Waals surface area (Å²) in [5.41, 5.74) is 3.93. The minimum absolute atomic E-state index is 0.114. The van der Waals surface area contributed by atoms with Gasteiger partial charge < -0.3 is 20.3 Å². The number of nitrogens with zero attached hydrogens (tertiary/aromatic N) is 5. The topological polar surface area (TPSA) is 99.0 Å². The number of rotatable bonds is 4. The first kappa shape index (κ1) is 21.1. The van der Waals surface area contributed by atoms with Crippen LogP contribution in [0.25, 0.3) is 11.3 Å². The molecule has 2 aliphatic rings. The molecule has 0 fully saturated rings. The van der Waals surface area contributed by atoms with E-state index < -0.39 is 5.82 Å². The lowest BCUT2D eigenvalue weighted by molar-refractivity contribution is 0.302. The molecule has 8 nitrogen and oxygen atoms in total. The summed E-state index contributed by atoms with van der Waals surface area (Å²) in [7, 11) is 0. The second kappa shape index (κ2) is 8.64. The summed E-state index contributed by atoms with van der Waals surface area (Å²) in [6.45, 7) is 7.02. The summed E-state index contributed by atoms with van der Waals surface area (Å²) in [5, 5.41) is 16.1. The van der Waals surface area contributed by atoms with Crippen molar-refractivity contribution < 1.29 is 9.13 Å². The quantitative estimate of drug-likeness (QED) is 0.629. The normalized spacial score (nSPS) is 14.8. The molecule has 33 heavy (non-hydrogen) atoms. The van der Waals surface area contributed by atoms with E-state index in [0.717, 1.165) is 37.1 Å². The molecule has 1 aromatic carbocycles. The standard InChI is InChI=1S/C24H24FN7O/c1-14(2)32-7-8-33-23-17(11-26)9-16(10-20(23)32)22-18(25)13-28-24(31-22)30-21-4-3-15-12-27-6-5-19(15)29-21/h3-4,9-10,13-14,27H,5-8,12H2,1-2H3,(H,28,29,30,31). The molecular weight excluding hydrogens is 421 g/mol. The Bertz CT molecular complexity index is 1250. The highest BCUT2D eigenvalue weighted by Gasteiger charge is 2.25. The summed E-state index contributed by atoms with van der Waals surface area (Å²) in [5.74, 6) is 0.806. The van der Waals surface area contributed by atoms with Crippen molar-refractivity contribution >= 4 is 17.5 Å². The molecule has 2 N–H and O–H groups in total. The summed E-state index contributed by atoms with van der Waals surface area (Å²) in [6, 6.07) is 9.70. The number of benzene rings is 1. The molecule has 2 aromatic heterocycles. The van der Waals surface area contributed by atoms with Gasteiger partial charge in [0, 0.05) is 36.8 Å². The molecule has 0 spiro atoms. The van der Waals surface area contributed by atoms with Crippen molar-refractivity contribution in [3.05, 3.63) is 53.1 Å². The van der Waals surface area contributed by atoms with Crippen LogP contribution in [0.15, 0.2) is 30.5 Å². The molecule has 9 heteroatoms. The van der Waals surface area contributed by atoms with Crippen LogP contribution >= 0.6 is 0 Å². The number of aromatic nitrogens is 3. The molecule has 0 saturated heterocycles. The van der Waals surface area contributed by atoms with Crippen molar-refractivity contribution in [1.29, 1.82) is 5.26 Å². The molecule has 0 unspecified atom stereocenters. The van der Waals surface area contributed by atoms with E-state index in [4.69, 9.17) is 4.74 Å². The minimum Gasteiger partial charge on any atom is -0.488 e. The van der Waals surface area contributed by atoms with E-state index in [-0.39, 0.29) is 17.7 Å². The van der Waals surface area contributed by atoms with Crippen molar-refractivity contribution in [2.75, 3.05) is 29.9 Å². The number of halogens is 1. The second-order valence-electron chi connectivity index (χ2n) is 8.36. The maximum Gasteiger partial charge on any atom is 0.229 e. The molecule has 0 atom stereocenters. The second-order valence-corrected chi connectivity index (χ2v) is 8.36. The SMILES string of the molecule is CC(C)N1CCOc2c(C#N)cc(-c3nc(Nc4ccc5c(n4)CCNC5)ncc3F)cc21. The van der Waals surface area contributed by atoms with Gasteiger partial charge in [0.05, 0.1) is 24.0 Å². The zero-order chi connectivity index (χ0) is 22.9. The highest BCUT2D eigenvalue weighted by molar-refractivity contribution is 5.76. The Labute approximate surface area is 191 Å². The van der Waals surface area contributed by atoms with Crippen LogP contribution in [-0.4, -0.2) is 40.7 Å². The fraction of sp³-hybridized carbons (Fsp3) is 0.333. The Morgan fingerprint density at radius 2 is 2.15 bits per heavy atom. The first-order chi connectivity index (χ1) is 16.0. The lowest BCUT2D eigenvalue weighted by Gasteiger charge is -2.35. The number of pyridine rings is 1. The fourth-order valence-electron chi connectivity index (χ4n) is 4.25. The van der Waals surface area contributed by atoms with Crippen LogP contribution < -0.4 is 20.3 Å². The average molecular weight is 446 g/mol. The Morgan fingerprint density at radius 3 is 2.97 bits per heavy atom. The number of nitriles is 1. The number of hydrogen-bond acceptors (Lipinski definition) is 8. The van der Waals surface area contributed by atoms with Gasteiger partial charge >= 0.3 is 0 Å². The molecule has 3 aromatic rings. The number of ether oxygens (including phenoxy) is 1. The van der Waals surface area contributed by atoms with Gasteiger partial charge in [0.1, 0.15) is 24.2 Å². The predicted octanol–water partition coefficient (Wildman–Crippen LogP) is 3.55. The Morgan fingerprint density at radius 1 is 1.27 bits per heavy atom. The Kier molecular flexibility index (Phi) is 5.52. The zero-order valence-corrected chi connectivity index (χ0v) is 18.5. The van der Waals surface area contributed by atoms with Crippen molar-refractivity contribution in [2.24, 2.45) is 0 Å². The van der Waals surface area contributed by atoms with Gasteiger partial charge in [0.15, 0.2) is 11.6 Å². The van der Waals surface area contributed by atoms with E-state index in [1.54, 1.807) is 6.07 Å². The van der Waals surface area contributed by atoms with E-state index in [9.17, 15) is 9.65 Å². The smallest absolute Gasteiger partial charge is 0.229 e. The molecule has 0 radical (unpaired) electrons. The number of nitrogens with one attached hydrogen (secondary N) is 2. The number of hydrogen-bond donors (Lipinski definition) is 2. The molecule has 168 valence electrons. The Hall–Kier alpha value is -3.77. The summed E-state index contributed by atoms with van der Waals surface area (Å²) >= 11 is 0. The number of anilines is 3. The van der Waals surface area contributed by atoms with Crippen LogP contribution in [0.5, 0.6) is 5.75 Å². The Balaban J connectivity index is 1.52. The average Bonchev–Trinajstić information content (AvgIpc) is 2.84. The maximum atomic E-state index is 14.8. The molecular formula is C24H24FN7O. The third-order valence-electron chi connectivity index (χ3n) is 5.88. The molecule has 0 aliphatic carbocycles. The fourth-order valence-corrected chi connectivity index (χ4v) is 4.25. The van der Waals surface area contributed by atoms with Gasteiger partial charge in [-0.2, -0.15) is 5.26 Å². The maximum absolute atomic E-state index is 14.8. The van der Waals surface area contributed by atoms with Gasteiger partial charge in [0.2, 0.25) is 5.95 Å². The molecule has 0 saturated carbocycles. The zero-order valence-electron chi connectivity index (χ0n) is 18.5. The highest BCUT2D eigenvalue weighted by atomic mass is 19.1. The lowest BCUT2D eigenvalue weighted by Crippen LogP contribution is -2.38. The van der Waals surface area contributed by atoms with Crippen LogP contribution in [0.3, 0.4) is 0 Å². The monoisotopic (exact) mass is 445 g/mol. The number of fused-ring (bicyclic) bond motifs is 2. The van der Waals surface area contributed by atoms with Gasteiger partial charge in [-0.1, -0.05) is 6.07 Å². The van der Waals surface area contributed by atoms with Crippen LogP contribution in [0.4, 0.5) is 21.8 Å². The molecule has 5 rings (SSSR count). The van der Waals surface area contributed by atoms with E-state index in [1.807, 2.05) is 18.2 Å². The van der Waals surface area contributed by atoms with Gasteiger partial charge in [0.25, 0.3) is 0 Å². The van der Waals surface area contributed by atoms with Crippen LogP contribution in [-0.2, 0) is 13.0 Å². The van der Waals surface area contributed by atoms with E-state index in [0.29, 0.717) is 35.8 Å². The minimum atomic E-state index is -0.568. The van der Waals surface area contributed by atoms with Crippen LogP contribution in [0.1, 0.15) is 30.7 Å². The molecule has 4 heterocycles. The first-order valence-electron chi connectivity index (χ1n) is 11.0. The third kappa shape index (κ3) is 4.05. The van der Waals surface area contributed by atoms with Gasteiger partial charge in [-0.25, -0.2) is 19.3 Å². The van der Waals surface area contributed by atoms with Gasteiger partial charge in [-0.3, -0.25) is 0 Å². The predicted molar refractivity (Wildman–Crippen MR) is 123 cm³/mol. The first-order valence-corrected chi connectivity index (χ1v) is 11.0. The van der Waals surface area contributed by atoms with Crippen molar-refractivity contribution in [3.8, 4) is 23.1 Å². The van der Waals surface area contributed by atoms with Crippen LogP contribution in [0, 0.1) is 17.1 Å². The lowest BCUT2D eigenvalue weighted by atomic mass is 10.0. The largest absolute Gasteiger partial charge is 0.488 e. The van der Waals surface area contributed by atoms with Crippen molar-refractivity contribution in [3.63, 3.8) is 0 Å². The summed E-state index contributed by atoms with van der Waals surface area (Å²) < 4.78 is 20.6. The van der Waals surface area contributed by atoms with Crippen molar-refractivity contribution in [1.82, 2.24) is 20.3 Å². The highest BCUT2D eigenvalue weighted by Crippen LogP contribution is 2.40. The molecule has 0 bridgehead atoms. The summed E-state index contributed by atoms with van der Waals surface area (Å²) in [4.78, 5) is 15.3. The van der Waals surface area contributed by atoms with Gasteiger partial charge in [-0.15, -0.1) is 0 Å². The van der Waals surface area contributed by atoms with Crippen LogP contribution in [0.2, 0.25) is 0 Å².